The maximum absolute atomic E-state index is 12.1. The Bertz CT molecular complexity index is 950. The third-order valence-electron chi connectivity index (χ3n) is 3.92. The van der Waals surface area contributed by atoms with Crippen LogP contribution in [0.2, 0.25) is 0 Å². The van der Waals surface area contributed by atoms with Crippen LogP contribution in [0.3, 0.4) is 0 Å². The third-order valence-corrected chi connectivity index (χ3v) is 5.89. The number of halogens is 2. The molecule has 10 heteroatoms. The molecule has 0 radical (unpaired) electrons. The number of hydrogen-bond donors (Lipinski definition) is 2. The molecule has 1 amide bonds. The van der Waals surface area contributed by atoms with Crippen LogP contribution in [0.5, 0.6) is 5.75 Å². The monoisotopic (exact) mass is 450 g/mol. The summed E-state index contributed by atoms with van der Waals surface area (Å²) in [5.41, 5.74) is 3.03. The molecule has 30 heavy (non-hydrogen) atoms. The molecule has 0 saturated carbocycles. The SMILES string of the molecule is Cc1ccc(Nc2nnc(SCC(=O)NCCc3ccc(OC(F)F)cc3)s2)cc1. The molecular formula is C20H20F2N4O2S2. The van der Waals surface area contributed by atoms with Gasteiger partial charge in [0.1, 0.15) is 5.75 Å². The number of aryl methyl sites for hydroxylation is 1. The largest absolute Gasteiger partial charge is 0.435 e. The third kappa shape index (κ3) is 7.27. The van der Waals surface area contributed by atoms with Crippen LogP contribution in [0.1, 0.15) is 11.1 Å². The van der Waals surface area contributed by atoms with E-state index in [0.29, 0.717) is 22.4 Å². The van der Waals surface area contributed by atoms with E-state index in [1.54, 1.807) is 12.1 Å². The van der Waals surface area contributed by atoms with Crippen LogP contribution in [0.25, 0.3) is 0 Å². The normalized spacial score (nSPS) is 10.8. The van der Waals surface area contributed by atoms with Crippen molar-refractivity contribution in [2.75, 3.05) is 17.6 Å². The number of carbonyl (C=O) groups excluding carboxylic acids is 1. The Balaban J connectivity index is 1.36. The molecule has 2 N–H and O–H groups in total. The van der Waals surface area contributed by atoms with Crippen molar-refractivity contribution in [1.82, 2.24) is 15.5 Å². The summed E-state index contributed by atoms with van der Waals surface area (Å²) < 4.78 is 29.3. The van der Waals surface area contributed by atoms with Gasteiger partial charge in [0, 0.05) is 12.2 Å². The number of nitrogens with one attached hydrogen (secondary N) is 2. The van der Waals surface area contributed by atoms with Crippen LogP contribution in [0.4, 0.5) is 19.6 Å². The van der Waals surface area contributed by atoms with Crippen molar-refractivity contribution in [3.8, 4) is 5.75 Å². The summed E-state index contributed by atoms with van der Waals surface area (Å²) in [6.45, 7) is -0.365. The first-order valence-corrected chi connectivity index (χ1v) is 10.9. The first-order chi connectivity index (χ1) is 14.5. The Morgan fingerprint density at radius 3 is 2.57 bits per heavy atom. The van der Waals surface area contributed by atoms with Crippen molar-refractivity contribution in [3.63, 3.8) is 0 Å². The van der Waals surface area contributed by atoms with E-state index in [9.17, 15) is 13.6 Å². The minimum atomic E-state index is -2.84. The van der Waals surface area contributed by atoms with Crippen molar-refractivity contribution in [3.05, 3.63) is 59.7 Å². The first-order valence-electron chi connectivity index (χ1n) is 9.08. The molecule has 1 aromatic heterocycles. The number of ether oxygens (including phenoxy) is 1. The van der Waals surface area contributed by atoms with Gasteiger partial charge in [0.25, 0.3) is 0 Å². The lowest BCUT2D eigenvalue weighted by atomic mass is 10.1. The molecule has 0 saturated heterocycles. The van der Waals surface area contributed by atoms with Crippen LogP contribution in [-0.4, -0.2) is 35.0 Å². The predicted octanol–water partition coefficient (Wildman–Crippen LogP) is 4.64. The Morgan fingerprint density at radius 2 is 1.87 bits per heavy atom. The van der Waals surface area contributed by atoms with Crippen molar-refractivity contribution in [1.29, 1.82) is 0 Å². The number of carbonyl (C=O) groups is 1. The second-order valence-electron chi connectivity index (χ2n) is 6.28. The van der Waals surface area contributed by atoms with Gasteiger partial charge in [-0.3, -0.25) is 4.79 Å². The highest BCUT2D eigenvalue weighted by Gasteiger charge is 2.09. The van der Waals surface area contributed by atoms with Crippen LogP contribution < -0.4 is 15.4 Å². The minimum Gasteiger partial charge on any atom is -0.435 e. The maximum Gasteiger partial charge on any atom is 0.387 e. The number of thioether (sulfide) groups is 1. The molecule has 0 spiro atoms. The van der Waals surface area contributed by atoms with E-state index in [4.69, 9.17) is 0 Å². The molecular weight excluding hydrogens is 430 g/mol. The fraction of sp³-hybridized carbons (Fsp3) is 0.250. The quantitative estimate of drug-likeness (QED) is 0.438. The molecule has 0 aliphatic heterocycles. The van der Waals surface area contributed by atoms with E-state index in [-0.39, 0.29) is 17.4 Å². The highest BCUT2D eigenvalue weighted by atomic mass is 32.2. The van der Waals surface area contributed by atoms with Gasteiger partial charge >= 0.3 is 6.61 Å². The van der Waals surface area contributed by atoms with Crippen molar-refractivity contribution >= 4 is 39.8 Å². The Kier molecular flexibility index (Phi) is 7.97. The van der Waals surface area contributed by atoms with E-state index in [1.165, 1.54) is 40.8 Å². The smallest absolute Gasteiger partial charge is 0.387 e. The topological polar surface area (TPSA) is 76.1 Å². The number of amides is 1. The van der Waals surface area contributed by atoms with Crippen molar-refractivity contribution in [2.24, 2.45) is 0 Å². The highest BCUT2D eigenvalue weighted by Crippen LogP contribution is 2.27. The van der Waals surface area contributed by atoms with E-state index in [0.717, 1.165) is 11.3 Å². The zero-order chi connectivity index (χ0) is 21.3. The van der Waals surface area contributed by atoms with Gasteiger partial charge in [-0.1, -0.05) is 52.9 Å². The molecule has 0 atom stereocenters. The lowest BCUT2D eigenvalue weighted by molar-refractivity contribution is -0.118. The Hall–Kier alpha value is -2.72. The summed E-state index contributed by atoms with van der Waals surface area (Å²) in [7, 11) is 0. The summed E-state index contributed by atoms with van der Waals surface area (Å²) in [5.74, 6) is 0.240. The Morgan fingerprint density at radius 1 is 1.13 bits per heavy atom. The number of nitrogens with zero attached hydrogens (tertiary/aromatic N) is 2. The van der Waals surface area contributed by atoms with Crippen molar-refractivity contribution < 1.29 is 18.3 Å². The van der Waals surface area contributed by atoms with Crippen molar-refractivity contribution in [2.45, 2.75) is 24.3 Å². The van der Waals surface area contributed by atoms with E-state index >= 15 is 0 Å². The molecule has 1 heterocycles. The standard InChI is InChI=1S/C20H20F2N4O2S2/c1-13-2-6-15(7-3-13)24-19-25-26-20(30-19)29-12-17(27)23-11-10-14-4-8-16(9-5-14)28-18(21)22/h2-9,18H,10-12H2,1H3,(H,23,27)(H,24,25). The number of rotatable bonds is 10. The second kappa shape index (κ2) is 10.9. The fourth-order valence-electron chi connectivity index (χ4n) is 2.44. The molecule has 2 aromatic carbocycles. The van der Waals surface area contributed by atoms with E-state index in [2.05, 4.69) is 25.6 Å². The zero-order valence-electron chi connectivity index (χ0n) is 16.1. The second-order valence-corrected chi connectivity index (χ2v) is 8.48. The van der Waals surface area contributed by atoms with Gasteiger partial charge in [0.2, 0.25) is 11.0 Å². The minimum absolute atomic E-state index is 0.110. The number of aromatic nitrogens is 2. The predicted molar refractivity (Wildman–Crippen MR) is 115 cm³/mol. The summed E-state index contributed by atoms with van der Waals surface area (Å²) in [5, 5.41) is 14.9. The average molecular weight is 451 g/mol. The molecule has 158 valence electrons. The molecule has 3 aromatic rings. The van der Waals surface area contributed by atoms with Gasteiger partial charge in [-0.25, -0.2) is 0 Å². The zero-order valence-corrected chi connectivity index (χ0v) is 17.7. The lowest BCUT2D eigenvalue weighted by Gasteiger charge is -2.07. The number of benzene rings is 2. The van der Waals surface area contributed by atoms with Gasteiger partial charge in [0.05, 0.1) is 5.75 Å². The van der Waals surface area contributed by atoms with Gasteiger partial charge in [-0.2, -0.15) is 8.78 Å². The Labute approximate surface area is 181 Å². The van der Waals surface area contributed by atoms with Crippen LogP contribution >= 0.6 is 23.1 Å². The molecule has 0 fully saturated rings. The summed E-state index contributed by atoms with van der Waals surface area (Å²) in [4.78, 5) is 12.0. The summed E-state index contributed by atoms with van der Waals surface area (Å²) in [6.07, 6.45) is 0.592. The molecule has 3 rings (SSSR count). The van der Waals surface area contributed by atoms with Crippen LogP contribution in [-0.2, 0) is 11.2 Å². The molecule has 0 aliphatic carbocycles. The summed E-state index contributed by atoms with van der Waals surface area (Å²) >= 11 is 2.71. The van der Waals surface area contributed by atoms with E-state index < -0.39 is 6.61 Å². The van der Waals surface area contributed by atoms with E-state index in [1.807, 2.05) is 31.2 Å². The lowest BCUT2D eigenvalue weighted by Crippen LogP contribution is -2.27. The number of anilines is 2. The highest BCUT2D eigenvalue weighted by molar-refractivity contribution is 8.01. The van der Waals surface area contributed by atoms with Gasteiger partial charge < -0.3 is 15.4 Å². The molecule has 0 aliphatic rings. The maximum atomic E-state index is 12.1. The number of alkyl halides is 2. The number of hydrogen-bond acceptors (Lipinski definition) is 7. The molecule has 0 bridgehead atoms. The summed E-state index contributed by atoms with van der Waals surface area (Å²) in [6, 6.07) is 14.3. The van der Waals surface area contributed by atoms with Gasteiger partial charge in [0.15, 0.2) is 4.34 Å². The molecule has 6 nitrogen and oxygen atoms in total. The average Bonchev–Trinajstić information content (AvgIpc) is 3.16. The van der Waals surface area contributed by atoms with Gasteiger partial charge in [-0.15, -0.1) is 10.2 Å². The fourth-order valence-corrected chi connectivity index (χ4v) is 4.04. The first kappa shape index (κ1) is 22.0. The van der Waals surface area contributed by atoms with Crippen LogP contribution in [0.15, 0.2) is 52.9 Å². The van der Waals surface area contributed by atoms with Gasteiger partial charge in [-0.05, 0) is 43.2 Å². The molecule has 0 unspecified atom stereocenters. The van der Waals surface area contributed by atoms with Crippen LogP contribution in [0, 0.1) is 6.92 Å².